The van der Waals surface area contributed by atoms with Gasteiger partial charge in [-0.1, -0.05) is 19.1 Å². The summed E-state index contributed by atoms with van der Waals surface area (Å²) in [7, 11) is -1.63. The molecule has 1 atom stereocenters. The number of likely N-dealkylation sites (N-methyl/N-ethyl adjacent to an activating group) is 1. The molecule has 7 nitrogen and oxygen atoms in total. The van der Waals surface area contributed by atoms with E-state index in [1.807, 2.05) is 18.9 Å². The summed E-state index contributed by atoms with van der Waals surface area (Å²) in [5, 5.41) is 3.23. The molecule has 2 aromatic rings. The fourth-order valence-corrected chi connectivity index (χ4v) is 4.29. The van der Waals surface area contributed by atoms with Crippen molar-refractivity contribution in [2.45, 2.75) is 25.6 Å². The second kappa shape index (κ2) is 10.4. The average Bonchev–Trinajstić information content (AvgIpc) is 2.74. The molecular weight excluding hydrogens is 474 g/mol. The van der Waals surface area contributed by atoms with Crippen LogP contribution < -0.4 is 14.9 Å². The minimum absolute atomic E-state index is 0.126. The highest BCUT2D eigenvalue weighted by Gasteiger charge is 2.34. The normalized spacial score (nSPS) is 16.5. The van der Waals surface area contributed by atoms with Gasteiger partial charge < -0.3 is 15.1 Å². The van der Waals surface area contributed by atoms with Crippen molar-refractivity contribution in [1.82, 2.24) is 15.2 Å². The molecule has 188 valence electrons. The number of halogens is 4. The fourth-order valence-electron chi connectivity index (χ4n) is 3.73. The minimum atomic E-state index is -4.52. The zero-order valence-electron chi connectivity index (χ0n) is 19.3. The molecule has 1 saturated heterocycles. The van der Waals surface area contributed by atoms with E-state index in [4.69, 9.17) is 0 Å². The van der Waals surface area contributed by atoms with Crippen molar-refractivity contribution >= 4 is 21.5 Å². The summed E-state index contributed by atoms with van der Waals surface area (Å²) in [4.78, 5) is 7.92. The number of nitrogens with one attached hydrogen (secondary N) is 2. The Morgan fingerprint density at radius 3 is 2.38 bits per heavy atom. The first kappa shape index (κ1) is 26.2. The van der Waals surface area contributed by atoms with E-state index in [1.165, 1.54) is 18.2 Å². The molecule has 1 unspecified atom stereocenters. The van der Waals surface area contributed by atoms with Gasteiger partial charge in [0.15, 0.2) is 0 Å². The van der Waals surface area contributed by atoms with Crippen molar-refractivity contribution in [2.24, 2.45) is 0 Å². The first-order valence-electron chi connectivity index (χ1n) is 10.8. The lowest BCUT2D eigenvalue weighted by atomic mass is 10.0. The van der Waals surface area contributed by atoms with Crippen LogP contribution in [-0.2, 0) is 22.7 Å². The van der Waals surface area contributed by atoms with E-state index in [0.717, 1.165) is 25.4 Å². The Bertz CT molecular complexity index is 1100. The summed E-state index contributed by atoms with van der Waals surface area (Å²) < 4.78 is 78.8. The van der Waals surface area contributed by atoms with Gasteiger partial charge in [-0.15, -0.1) is 0 Å². The number of pyridine rings is 1. The number of piperazine rings is 1. The van der Waals surface area contributed by atoms with Crippen LogP contribution in [0.4, 0.5) is 29.1 Å². The number of hydrogen-bond donors (Lipinski definition) is 2. The van der Waals surface area contributed by atoms with Gasteiger partial charge in [-0.25, -0.2) is 17.8 Å². The zero-order chi connectivity index (χ0) is 25.1. The molecule has 2 heterocycles. The van der Waals surface area contributed by atoms with Crippen LogP contribution in [0, 0.1) is 5.82 Å². The quantitative estimate of drug-likeness (QED) is 0.539. The number of nitrogens with zero attached hydrogens (tertiary/aromatic N) is 3. The molecule has 1 aliphatic rings. The third-order valence-electron chi connectivity index (χ3n) is 5.67. The maximum absolute atomic E-state index is 14.3. The number of sulfonamides is 1. The molecule has 1 aromatic heterocycles. The molecule has 1 aromatic carbocycles. The van der Waals surface area contributed by atoms with E-state index in [0.29, 0.717) is 43.1 Å². The van der Waals surface area contributed by atoms with Gasteiger partial charge in [-0.05, 0) is 36.7 Å². The lowest BCUT2D eigenvalue weighted by molar-refractivity contribution is -0.141. The molecule has 3 rings (SSSR count). The molecule has 12 heteroatoms. The van der Waals surface area contributed by atoms with Crippen LogP contribution in [0.2, 0.25) is 0 Å². The topological polar surface area (TPSA) is 77.6 Å². The maximum Gasteiger partial charge on any atom is 0.433 e. The molecule has 0 aliphatic carbocycles. The number of hydrogen-bond acceptors (Lipinski definition) is 6. The number of aromatic nitrogens is 1. The van der Waals surface area contributed by atoms with Gasteiger partial charge in [0.25, 0.3) is 0 Å². The summed E-state index contributed by atoms with van der Waals surface area (Å²) in [6.45, 7) is 5.24. The number of anilines is 2. The minimum Gasteiger partial charge on any atom is -0.354 e. The molecule has 1 aliphatic heterocycles. The molecule has 0 amide bonds. The van der Waals surface area contributed by atoms with Crippen LogP contribution in [0.3, 0.4) is 0 Å². The van der Waals surface area contributed by atoms with Gasteiger partial charge in [0.1, 0.15) is 17.3 Å². The number of rotatable bonds is 8. The Morgan fingerprint density at radius 1 is 1.12 bits per heavy atom. The summed E-state index contributed by atoms with van der Waals surface area (Å²) in [5.41, 5.74) is 0.272. The van der Waals surface area contributed by atoms with Crippen molar-refractivity contribution in [3.63, 3.8) is 0 Å². The van der Waals surface area contributed by atoms with Gasteiger partial charge in [-0.3, -0.25) is 4.72 Å². The molecule has 1 fully saturated rings. The van der Waals surface area contributed by atoms with E-state index in [2.05, 4.69) is 19.9 Å². The van der Waals surface area contributed by atoms with Crippen molar-refractivity contribution in [1.29, 1.82) is 0 Å². The Kier molecular flexibility index (Phi) is 8.04. The van der Waals surface area contributed by atoms with Crippen molar-refractivity contribution < 1.29 is 26.0 Å². The van der Waals surface area contributed by atoms with E-state index in [9.17, 15) is 26.0 Å². The summed E-state index contributed by atoms with van der Waals surface area (Å²) in [6.07, 6.45) is -3.58. The van der Waals surface area contributed by atoms with E-state index in [-0.39, 0.29) is 11.6 Å². The molecule has 0 spiro atoms. The largest absolute Gasteiger partial charge is 0.433 e. The second-order valence-electron chi connectivity index (χ2n) is 8.61. The Morgan fingerprint density at radius 2 is 1.79 bits per heavy atom. The van der Waals surface area contributed by atoms with Gasteiger partial charge in [0, 0.05) is 44.8 Å². The molecular formula is C22H29F4N5O2S. The Balaban J connectivity index is 1.69. The fraction of sp³-hybridized carbons (Fsp3) is 0.500. The maximum atomic E-state index is 14.3. The summed E-state index contributed by atoms with van der Waals surface area (Å²) in [5.74, 6) is -0.485. The monoisotopic (exact) mass is 503 g/mol. The van der Waals surface area contributed by atoms with Crippen LogP contribution in [0.1, 0.15) is 29.7 Å². The van der Waals surface area contributed by atoms with Crippen molar-refractivity contribution in [3.05, 3.63) is 53.0 Å². The number of alkyl halides is 3. The molecule has 0 saturated carbocycles. The molecule has 34 heavy (non-hydrogen) atoms. The van der Waals surface area contributed by atoms with Crippen LogP contribution in [0.25, 0.3) is 0 Å². The lowest BCUT2D eigenvalue weighted by Crippen LogP contribution is -2.45. The highest BCUT2D eigenvalue weighted by molar-refractivity contribution is 7.92. The number of benzene rings is 1. The summed E-state index contributed by atoms with van der Waals surface area (Å²) in [6, 6.07) is 6.72. The highest BCUT2D eigenvalue weighted by atomic mass is 32.2. The van der Waals surface area contributed by atoms with Crippen molar-refractivity contribution in [2.75, 3.05) is 55.6 Å². The third kappa shape index (κ3) is 7.03. The van der Waals surface area contributed by atoms with E-state index < -0.39 is 27.7 Å². The lowest BCUT2D eigenvalue weighted by Gasteiger charge is -2.34. The van der Waals surface area contributed by atoms with Crippen LogP contribution >= 0.6 is 0 Å². The van der Waals surface area contributed by atoms with E-state index >= 15 is 0 Å². The first-order valence-corrected chi connectivity index (χ1v) is 12.7. The first-order chi connectivity index (χ1) is 15.8. The molecule has 0 radical (unpaired) electrons. The third-order valence-corrected chi connectivity index (χ3v) is 6.26. The van der Waals surface area contributed by atoms with Crippen LogP contribution in [0.5, 0.6) is 0 Å². The van der Waals surface area contributed by atoms with Gasteiger partial charge in [0.05, 0.1) is 11.9 Å². The van der Waals surface area contributed by atoms with Crippen molar-refractivity contribution in [3.8, 4) is 0 Å². The molecule has 2 N–H and O–H groups in total. The van der Waals surface area contributed by atoms with E-state index in [1.54, 1.807) is 6.07 Å². The zero-order valence-corrected chi connectivity index (χ0v) is 20.1. The van der Waals surface area contributed by atoms with Gasteiger partial charge in [0.2, 0.25) is 10.0 Å². The highest BCUT2D eigenvalue weighted by Crippen LogP contribution is 2.31. The SMILES string of the molecule is CC(CNCc1ccc(C(F)(F)F)nc1N1CCN(C)CC1)c1ccc(NS(C)(=O)=O)c(F)c1. The molecule has 0 bridgehead atoms. The standard InChI is InChI=1S/C22H29F4N5O2S/c1-15(16-4-6-19(18(23)12-16)29-34(3,32)33)13-27-14-17-5-7-20(22(24,25)26)28-21(17)31-10-8-30(2)9-11-31/h4-7,12,15,27,29H,8-11,13-14H2,1-3H3. The van der Waals surface area contributed by atoms with Gasteiger partial charge in [-0.2, -0.15) is 13.2 Å². The predicted octanol–water partition coefficient (Wildman–Crippen LogP) is 3.26. The summed E-state index contributed by atoms with van der Waals surface area (Å²) >= 11 is 0. The van der Waals surface area contributed by atoms with Crippen LogP contribution in [0.15, 0.2) is 30.3 Å². The predicted molar refractivity (Wildman–Crippen MR) is 124 cm³/mol. The second-order valence-corrected chi connectivity index (χ2v) is 10.4. The Labute approximate surface area is 197 Å². The average molecular weight is 504 g/mol. The Hall–Kier alpha value is -2.44. The van der Waals surface area contributed by atoms with Gasteiger partial charge >= 0.3 is 6.18 Å². The smallest absolute Gasteiger partial charge is 0.354 e. The van der Waals surface area contributed by atoms with Crippen LogP contribution in [-0.4, -0.2) is 64.3 Å².